The summed E-state index contributed by atoms with van der Waals surface area (Å²) in [5, 5.41) is 9.99. The van der Waals surface area contributed by atoms with Crippen molar-refractivity contribution >= 4 is 11.8 Å². The van der Waals surface area contributed by atoms with Crippen LogP contribution < -0.4 is 5.32 Å². The fraction of sp³-hybridized carbons (Fsp3) is 0.450. The Bertz CT molecular complexity index is 842. The molecule has 4 rings (SSSR count). The fourth-order valence-corrected chi connectivity index (χ4v) is 3.66. The number of aromatic amines is 1. The number of hydrogen-bond donors (Lipinski definition) is 2. The highest BCUT2D eigenvalue weighted by molar-refractivity contribution is 5.94. The molecule has 1 aromatic heterocycles. The van der Waals surface area contributed by atoms with Crippen LogP contribution in [0, 0.1) is 11.7 Å². The molecule has 0 spiro atoms. The lowest BCUT2D eigenvalue weighted by molar-refractivity contribution is -0.139. The second-order valence-corrected chi connectivity index (χ2v) is 7.30. The number of nitrogens with zero attached hydrogens (tertiary/aromatic N) is 2. The average Bonchev–Trinajstić information content (AvgIpc) is 3.05. The van der Waals surface area contributed by atoms with Crippen molar-refractivity contribution in [3.05, 3.63) is 52.6 Å². The molecule has 27 heavy (non-hydrogen) atoms. The molecule has 2 aromatic rings. The molecule has 2 N–H and O–H groups in total. The number of aromatic nitrogens is 2. The Morgan fingerprint density at radius 3 is 2.74 bits per heavy atom. The van der Waals surface area contributed by atoms with Gasteiger partial charge in [0.1, 0.15) is 5.82 Å². The first-order valence-electron chi connectivity index (χ1n) is 9.49. The van der Waals surface area contributed by atoms with Crippen molar-refractivity contribution in [2.45, 2.75) is 38.6 Å². The predicted molar refractivity (Wildman–Crippen MR) is 97.5 cm³/mol. The van der Waals surface area contributed by atoms with E-state index in [1.54, 1.807) is 12.1 Å². The van der Waals surface area contributed by atoms with Crippen LogP contribution in [0.2, 0.25) is 0 Å². The van der Waals surface area contributed by atoms with Crippen molar-refractivity contribution < 1.29 is 14.0 Å². The summed E-state index contributed by atoms with van der Waals surface area (Å²) < 4.78 is 12.9. The zero-order valence-corrected chi connectivity index (χ0v) is 15.1. The van der Waals surface area contributed by atoms with Gasteiger partial charge < -0.3 is 10.2 Å². The lowest BCUT2D eigenvalue weighted by atomic mass is 9.84. The summed E-state index contributed by atoms with van der Waals surface area (Å²) in [6, 6.07) is 6.26. The molecular weight excluding hydrogens is 347 g/mol. The zero-order valence-electron chi connectivity index (χ0n) is 15.1. The van der Waals surface area contributed by atoms with Crippen LogP contribution in [0.3, 0.4) is 0 Å². The van der Waals surface area contributed by atoms with Gasteiger partial charge in [0.25, 0.3) is 5.91 Å². The van der Waals surface area contributed by atoms with Gasteiger partial charge in [-0.2, -0.15) is 5.10 Å². The lowest BCUT2D eigenvalue weighted by Crippen LogP contribution is -2.42. The topological polar surface area (TPSA) is 78.1 Å². The van der Waals surface area contributed by atoms with Gasteiger partial charge in [-0.05, 0) is 43.4 Å². The molecule has 7 heteroatoms. The molecule has 1 fully saturated rings. The summed E-state index contributed by atoms with van der Waals surface area (Å²) >= 11 is 0. The smallest absolute Gasteiger partial charge is 0.272 e. The molecule has 2 aliphatic rings. The van der Waals surface area contributed by atoms with E-state index in [1.807, 2.05) is 4.90 Å². The van der Waals surface area contributed by atoms with E-state index in [0.717, 1.165) is 36.1 Å². The van der Waals surface area contributed by atoms with E-state index in [4.69, 9.17) is 0 Å². The minimum atomic E-state index is -0.268. The Kier molecular flexibility index (Phi) is 4.92. The first-order valence-corrected chi connectivity index (χ1v) is 9.49. The highest BCUT2D eigenvalue weighted by atomic mass is 19.1. The largest absolute Gasteiger partial charge is 0.350 e. The molecule has 0 saturated heterocycles. The van der Waals surface area contributed by atoms with Crippen LogP contribution in [0.4, 0.5) is 4.39 Å². The summed E-state index contributed by atoms with van der Waals surface area (Å²) in [6.45, 7) is 1.59. The second kappa shape index (κ2) is 7.50. The Morgan fingerprint density at radius 1 is 1.26 bits per heavy atom. The Hall–Kier alpha value is -2.70. The third-order valence-corrected chi connectivity index (χ3v) is 5.53. The van der Waals surface area contributed by atoms with Gasteiger partial charge >= 0.3 is 0 Å². The van der Waals surface area contributed by atoms with Crippen LogP contribution >= 0.6 is 0 Å². The second-order valence-electron chi connectivity index (χ2n) is 7.30. The molecule has 1 aliphatic heterocycles. The van der Waals surface area contributed by atoms with Gasteiger partial charge in [0, 0.05) is 24.6 Å². The maximum atomic E-state index is 12.9. The first-order chi connectivity index (χ1) is 13.1. The van der Waals surface area contributed by atoms with Gasteiger partial charge in [0.15, 0.2) is 5.69 Å². The minimum absolute atomic E-state index is 0.184. The standard InChI is InChI=1S/C20H23FN4O2/c21-15-6-4-13(5-7-15)8-10-22-19(26)18-16-9-11-25(12-17(16)23-24-18)20(27)14-2-1-3-14/h4-7,14H,1-3,8-12H2,(H,22,26)(H,23,24). The average molecular weight is 370 g/mol. The molecule has 2 heterocycles. The van der Waals surface area contributed by atoms with Crippen LogP contribution in [0.15, 0.2) is 24.3 Å². The Morgan fingerprint density at radius 2 is 2.04 bits per heavy atom. The number of fused-ring (bicyclic) bond motifs is 1. The zero-order chi connectivity index (χ0) is 18.8. The van der Waals surface area contributed by atoms with E-state index in [0.29, 0.717) is 38.2 Å². The van der Waals surface area contributed by atoms with E-state index in [9.17, 15) is 14.0 Å². The minimum Gasteiger partial charge on any atom is -0.350 e. The molecule has 1 aromatic carbocycles. The van der Waals surface area contributed by atoms with Gasteiger partial charge in [-0.1, -0.05) is 18.6 Å². The highest BCUT2D eigenvalue weighted by Crippen LogP contribution is 2.30. The van der Waals surface area contributed by atoms with Crippen molar-refractivity contribution in [2.75, 3.05) is 13.1 Å². The first kappa shape index (κ1) is 17.7. The maximum absolute atomic E-state index is 12.9. The van der Waals surface area contributed by atoms with Gasteiger partial charge in [-0.3, -0.25) is 14.7 Å². The fourth-order valence-electron chi connectivity index (χ4n) is 3.66. The number of carbonyl (C=O) groups is 2. The molecule has 1 saturated carbocycles. The number of benzene rings is 1. The maximum Gasteiger partial charge on any atom is 0.272 e. The highest BCUT2D eigenvalue weighted by Gasteiger charge is 2.33. The van der Waals surface area contributed by atoms with Gasteiger partial charge in [-0.15, -0.1) is 0 Å². The van der Waals surface area contributed by atoms with E-state index in [-0.39, 0.29) is 23.5 Å². The third-order valence-electron chi connectivity index (χ3n) is 5.53. The molecule has 1 aliphatic carbocycles. The summed E-state index contributed by atoms with van der Waals surface area (Å²) in [6.07, 6.45) is 4.40. The number of rotatable bonds is 5. The molecule has 0 radical (unpaired) electrons. The number of nitrogens with one attached hydrogen (secondary N) is 2. The van der Waals surface area contributed by atoms with Crippen molar-refractivity contribution in [1.29, 1.82) is 0 Å². The van der Waals surface area contributed by atoms with Gasteiger partial charge in [0.05, 0.1) is 12.2 Å². The third kappa shape index (κ3) is 3.72. The van der Waals surface area contributed by atoms with Crippen LogP contribution in [-0.4, -0.2) is 40.0 Å². The van der Waals surface area contributed by atoms with Gasteiger partial charge in [0.2, 0.25) is 5.91 Å². The van der Waals surface area contributed by atoms with E-state index in [2.05, 4.69) is 15.5 Å². The number of H-pyrrole nitrogens is 1. The van der Waals surface area contributed by atoms with E-state index < -0.39 is 0 Å². The van der Waals surface area contributed by atoms with Crippen molar-refractivity contribution in [1.82, 2.24) is 20.4 Å². The number of halogens is 1. The molecule has 0 bridgehead atoms. The van der Waals surface area contributed by atoms with E-state index >= 15 is 0 Å². The monoisotopic (exact) mass is 370 g/mol. The lowest BCUT2D eigenvalue weighted by Gasteiger charge is -2.33. The normalized spacial score (nSPS) is 16.6. The molecule has 6 nitrogen and oxygen atoms in total. The van der Waals surface area contributed by atoms with Gasteiger partial charge in [-0.25, -0.2) is 4.39 Å². The van der Waals surface area contributed by atoms with Crippen LogP contribution in [0.5, 0.6) is 0 Å². The number of amides is 2. The van der Waals surface area contributed by atoms with Crippen molar-refractivity contribution in [2.24, 2.45) is 5.92 Å². The Balaban J connectivity index is 1.33. The van der Waals surface area contributed by atoms with Crippen LogP contribution in [-0.2, 0) is 24.2 Å². The molecule has 142 valence electrons. The summed E-state index contributed by atoms with van der Waals surface area (Å²) in [5.74, 6) is -0.0698. The molecule has 2 amide bonds. The summed E-state index contributed by atoms with van der Waals surface area (Å²) in [4.78, 5) is 26.8. The summed E-state index contributed by atoms with van der Waals surface area (Å²) in [5.41, 5.74) is 3.15. The quantitative estimate of drug-likeness (QED) is 0.847. The Labute approximate surface area is 157 Å². The number of carbonyl (C=O) groups excluding carboxylic acids is 2. The van der Waals surface area contributed by atoms with Crippen LogP contribution in [0.25, 0.3) is 0 Å². The van der Waals surface area contributed by atoms with Crippen molar-refractivity contribution in [3.8, 4) is 0 Å². The molecular formula is C20H23FN4O2. The SMILES string of the molecule is O=C(NCCc1ccc(F)cc1)c1n[nH]c2c1CCN(C(=O)C1CCC1)C2. The molecule has 0 unspecified atom stereocenters. The predicted octanol–water partition coefficient (Wildman–Crippen LogP) is 2.21. The molecule has 0 atom stereocenters. The number of hydrogen-bond acceptors (Lipinski definition) is 3. The van der Waals surface area contributed by atoms with Crippen LogP contribution in [0.1, 0.15) is 46.6 Å². The summed E-state index contributed by atoms with van der Waals surface area (Å²) in [7, 11) is 0. The van der Waals surface area contributed by atoms with E-state index in [1.165, 1.54) is 12.1 Å². The van der Waals surface area contributed by atoms with Crippen molar-refractivity contribution in [3.63, 3.8) is 0 Å².